The number of benzene rings is 1. The van der Waals surface area contributed by atoms with E-state index in [0.717, 1.165) is 31.5 Å². The van der Waals surface area contributed by atoms with Gasteiger partial charge in [0.15, 0.2) is 0 Å². The van der Waals surface area contributed by atoms with E-state index in [-0.39, 0.29) is 5.91 Å². The summed E-state index contributed by atoms with van der Waals surface area (Å²) in [7, 11) is 1.88. The zero-order valence-corrected chi connectivity index (χ0v) is 11.5. The molecule has 0 unspecified atom stereocenters. The van der Waals surface area contributed by atoms with Gasteiger partial charge in [0.1, 0.15) is 0 Å². The van der Waals surface area contributed by atoms with Crippen molar-refractivity contribution in [1.82, 2.24) is 4.90 Å². The third kappa shape index (κ3) is 2.84. The highest BCUT2D eigenvalue weighted by Crippen LogP contribution is 2.23. The molecule has 0 bridgehead atoms. The maximum absolute atomic E-state index is 12.3. The van der Waals surface area contributed by atoms with Crippen molar-refractivity contribution >= 4 is 11.6 Å². The molecule has 3 nitrogen and oxygen atoms in total. The molecule has 1 amide bonds. The molecule has 1 aliphatic heterocycles. The van der Waals surface area contributed by atoms with Crippen molar-refractivity contribution in [2.75, 3.05) is 25.5 Å². The normalized spacial score (nSPS) is 14.0. The Balaban J connectivity index is 2.15. The minimum absolute atomic E-state index is 0.122. The highest BCUT2D eigenvalue weighted by atomic mass is 16.2. The summed E-state index contributed by atoms with van der Waals surface area (Å²) < 4.78 is 0. The summed E-state index contributed by atoms with van der Waals surface area (Å²) in [6, 6.07) is 6.00. The average molecular weight is 246 g/mol. The minimum Gasteiger partial charge on any atom is -0.385 e. The van der Waals surface area contributed by atoms with Crippen molar-refractivity contribution in [1.29, 1.82) is 0 Å². The smallest absolute Gasteiger partial charge is 0.253 e. The van der Waals surface area contributed by atoms with Gasteiger partial charge in [0, 0.05) is 31.4 Å². The van der Waals surface area contributed by atoms with E-state index in [0.29, 0.717) is 5.92 Å². The quantitative estimate of drug-likeness (QED) is 0.889. The molecule has 18 heavy (non-hydrogen) atoms. The summed E-state index contributed by atoms with van der Waals surface area (Å²) >= 11 is 0. The first-order chi connectivity index (χ1) is 8.58. The van der Waals surface area contributed by atoms with Crippen LogP contribution in [0.3, 0.4) is 0 Å². The Kier molecular flexibility index (Phi) is 3.90. The molecule has 1 heterocycles. The number of anilines is 1. The predicted octanol–water partition coefficient (Wildman–Crippen LogP) is 2.77. The molecule has 0 spiro atoms. The number of hydrogen-bond acceptors (Lipinski definition) is 2. The molecule has 0 fully saturated rings. The van der Waals surface area contributed by atoms with Crippen LogP contribution in [0.1, 0.15) is 36.2 Å². The number of carbonyl (C=O) groups is 1. The molecule has 3 heteroatoms. The highest BCUT2D eigenvalue weighted by Gasteiger charge is 2.15. The Labute approximate surface area is 109 Å². The maximum Gasteiger partial charge on any atom is 0.253 e. The van der Waals surface area contributed by atoms with Crippen LogP contribution in [0.15, 0.2) is 18.2 Å². The number of nitrogens with one attached hydrogen (secondary N) is 1. The van der Waals surface area contributed by atoms with E-state index >= 15 is 0 Å². The summed E-state index contributed by atoms with van der Waals surface area (Å²) in [4.78, 5) is 14.1. The van der Waals surface area contributed by atoms with E-state index < -0.39 is 0 Å². The van der Waals surface area contributed by atoms with E-state index in [2.05, 4.69) is 19.2 Å². The van der Waals surface area contributed by atoms with Gasteiger partial charge >= 0.3 is 0 Å². The largest absolute Gasteiger partial charge is 0.385 e. The molecular formula is C15H22N2O. The minimum atomic E-state index is 0.122. The van der Waals surface area contributed by atoms with Gasteiger partial charge in [0.05, 0.1) is 0 Å². The zero-order valence-electron chi connectivity index (χ0n) is 11.5. The van der Waals surface area contributed by atoms with E-state index in [1.54, 1.807) is 0 Å². The molecule has 0 aromatic heterocycles. The molecule has 2 rings (SSSR count). The Bertz CT molecular complexity index is 440. The molecule has 0 aliphatic carbocycles. The third-order valence-corrected chi connectivity index (χ3v) is 3.28. The molecule has 98 valence electrons. The second-order valence-electron chi connectivity index (χ2n) is 5.48. The lowest BCUT2D eigenvalue weighted by Gasteiger charge is -2.22. The summed E-state index contributed by atoms with van der Waals surface area (Å²) in [6.45, 7) is 6.09. The Morgan fingerprint density at radius 2 is 2.22 bits per heavy atom. The van der Waals surface area contributed by atoms with Crippen molar-refractivity contribution in [3.63, 3.8) is 0 Å². The standard InChI is InChI=1S/C15H22N2O/c1-11(2)10-17(3)15(18)13-6-7-14-12(9-13)5-4-8-16-14/h6-7,9,11,16H,4-5,8,10H2,1-3H3. The number of carbonyl (C=O) groups excluding carboxylic acids is 1. The van der Waals surface area contributed by atoms with Crippen molar-refractivity contribution in [3.8, 4) is 0 Å². The van der Waals surface area contributed by atoms with Crippen molar-refractivity contribution in [2.24, 2.45) is 5.92 Å². The molecule has 0 atom stereocenters. The van der Waals surface area contributed by atoms with Gasteiger partial charge in [-0.2, -0.15) is 0 Å². The summed E-state index contributed by atoms with van der Waals surface area (Å²) in [6.07, 6.45) is 2.21. The highest BCUT2D eigenvalue weighted by molar-refractivity contribution is 5.94. The second-order valence-corrected chi connectivity index (χ2v) is 5.48. The SMILES string of the molecule is CC(C)CN(C)C(=O)c1ccc2c(c1)CCCN2. The molecule has 1 aromatic rings. The number of aryl methyl sites for hydroxylation is 1. The maximum atomic E-state index is 12.3. The fraction of sp³-hybridized carbons (Fsp3) is 0.533. The molecule has 1 aromatic carbocycles. The van der Waals surface area contributed by atoms with E-state index in [9.17, 15) is 4.79 Å². The molecular weight excluding hydrogens is 224 g/mol. The molecule has 0 saturated heterocycles. The number of nitrogens with zero attached hydrogens (tertiary/aromatic N) is 1. The summed E-state index contributed by atoms with van der Waals surface area (Å²) in [5.41, 5.74) is 3.26. The Hall–Kier alpha value is -1.51. The molecule has 0 radical (unpaired) electrons. The van der Waals surface area contributed by atoms with Crippen LogP contribution < -0.4 is 5.32 Å². The molecule has 1 N–H and O–H groups in total. The number of amides is 1. The topological polar surface area (TPSA) is 32.3 Å². The van der Waals surface area contributed by atoms with Gasteiger partial charge < -0.3 is 10.2 Å². The second kappa shape index (κ2) is 5.42. The fourth-order valence-electron chi connectivity index (χ4n) is 2.46. The first-order valence-corrected chi connectivity index (χ1v) is 6.70. The van der Waals surface area contributed by atoms with Gasteiger partial charge in [-0.15, -0.1) is 0 Å². The number of hydrogen-bond donors (Lipinski definition) is 1. The number of rotatable bonds is 3. The lowest BCUT2D eigenvalue weighted by Crippen LogP contribution is -2.30. The van der Waals surface area contributed by atoms with Gasteiger partial charge in [-0.05, 0) is 42.5 Å². The van der Waals surface area contributed by atoms with Gasteiger partial charge in [-0.1, -0.05) is 13.8 Å². The number of fused-ring (bicyclic) bond motifs is 1. The van der Waals surface area contributed by atoms with Crippen LogP contribution in [-0.4, -0.2) is 30.9 Å². The van der Waals surface area contributed by atoms with Crippen LogP contribution in [0, 0.1) is 5.92 Å². The van der Waals surface area contributed by atoms with Gasteiger partial charge in [-0.3, -0.25) is 4.79 Å². The predicted molar refractivity (Wildman–Crippen MR) is 75.1 cm³/mol. The first kappa shape index (κ1) is 12.9. The average Bonchev–Trinajstić information content (AvgIpc) is 2.36. The molecule has 0 saturated carbocycles. The molecule has 1 aliphatic rings. The van der Waals surface area contributed by atoms with E-state index in [4.69, 9.17) is 0 Å². The third-order valence-electron chi connectivity index (χ3n) is 3.28. The van der Waals surface area contributed by atoms with Crippen LogP contribution in [0.4, 0.5) is 5.69 Å². The zero-order chi connectivity index (χ0) is 13.1. The van der Waals surface area contributed by atoms with Crippen molar-refractivity contribution in [2.45, 2.75) is 26.7 Å². The van der Waals surface area contributed by atoms with Gasteiger partial charge in [0.25, 0.3) is 5.91 Å². The van der Waals surface area contributed by atoms with Crippen molar-refractivity contribution < 1.29 is 4.79 Å². The monoisotopic (exact) mass is 246 g/mol. The summed E-state index contributed by atoms with van der Waals surface area (Å²) in [5, 5.41) is 3.37. The van der Waals surface area contributed by atoms with Crippen LogP contribution in [0.25, 0.3) is 0 Å². The van der Waals surface area contributed by atoms with Crippen LogP contribution in [0.2, 0.25) is 0 Å². The lowest BCUT2D eigenvalue weighted by molar-refractivity contribution is 0.0779. The Morgan fingerprint density at radius 1 is 1.44 bits per heavy atom. The van der Waals surface area contributed by atoms with Gasteiger partial charge in [-0.25, -0.2) is 0 Å². The van der Waals surface area contributed by atoms with E-state index in [1.807, 2.05) is 30.1 Å². The van der Waals surface area contributed by atoms with Crippen LogP contribution >= 0.6 is 0 Å². The Morgan fingerprint density at radius 3 is 2.94 bits per heavy atom. The van der Waals surface area contributed by atoms with Gasteiger partial charge in [0.2, 0.25) is 0 Å². The summed E-state index contributed by atoms with van der Waals surface area (Å²) in [5.74, 6) is 0.621. The van der Waals surface area contributed by atoms with Crippen molar-refractivity contribution in [3.05, 3.63) is 29.3 Å². The van der Waals surface area contributed by atoms with E-state index in [1.165, 1.54) is 11.3 Å². The van der Waals surface area contributed by atoms with Crippen LogP contribution in [-0.2, 0) is 6.42 Å². The fourth-order valence-corrected chi connectivity index (χ4v) is 2.46. The lowest BCUT2D eigenvalue weighted by atomic mass is 10.0. The van der Waals surface area contributed by atoms with Crippen LogP contribution in [0.5, 0.6) is 0 Å². The first-order valence-electron chi connectivity index (χ1n) is 6.70.